The summed E-state index contributed by atoms with van der Waals surface area (Å²) in [6, 6.07) is -2.49. The monoisotopic (exact) mass is 327 g/mol. The van der Waals surface area contributed by atoms with E-state index in [-0.39, 0.29) is 6.42 Å². The summed E-state index contributed by atoms with van der Waals surface area (Å²) in [5, 5.41) is 21.6. The number of imidazole rings is 1. The van der Waals surface area contributed by atoms with E-state index in [2.05, 4.69) is 15.3 Å². The Hall–Kier alpha value is -2.95. The number of rotatable bonds is 9. The van der Waals surface area contributed by atoms with Crippen LogP contribution in [0.2, 0.25) is 0 Å². The molecule has 126 valence electrons. The average molecular weight is 327 g/mol. The Morgan fingerprint density at radius 3 is 2.52 bits per heavy atom. The van der Waals surface area contributed by atoms with Crippen molar-refractivity contribution in [3.05, 3.63) is 18.2 Å². The van der Waals surface area contributed by atoms with Gasteiger partial charge in [-0.15, -0.1) is 0 Å². The van der Waals surface area contributed by atoms with E-state index in [9.17, 15) is 19.2 Å². The maximum atomic E-state index is 11.7. The predicted molar refractivity (Wildman–Crippen MR) is 75.1 cm³/mol. The van der Waals surface area contributed by atoms with Gasteiger partial charge in [0.1, 0.15) is 6.04 Å². The van der Waals surface area contributed by atoms with Crippen molar-refractivity contribution in [1.29, 1.82) is 0 Å². The average Bonchev–Trinajstić information content (AvgIpc) is 2.96. The molecule has 1 aromatic heterocycles. The number of aromatic amines is 1. The number of hydrogen-bond acceptors (Lipinski definition) is 6. The molecule has 0 saturated heterocycles. The molecule has 0 aliphatic carbocycles. The van der Waals surface area contributed by atoms with E-state index in [1.165, 1.54) is 12.5 Å². The van der Waals surface area contributed by atoms with E-state index in [1.807, 2.05) is 5.32 Å². The van der Waals surface area contributed by atoms with Gasteiger partial charge in [0.2, 0.25) is 11.8 Å². The van der Waals surface area contributed by atoms with Crippen molar-refractivity contribution < 1.29 is 29.4 Å². The quantitative estimate of drug-likeness (QED) is 0.285. The highest BCUT2D eigenvalue weighted by atomic mass is 16.4. The van der Waals surface area contributed by atoms with Gasteiger partial charge in [0, 0.05) is 18.3 Å². The lowest BCUT2D eigenvalue weighted by molar-refractivity contribution is -0.147. The smallest absolute Gasteiger partial charge is 0.326 e. The Bertz CT molecular complexity index is 573. The van der Waals surface area contributed by atoms with E-state index in [4.69, 9.17) is 15.9 Å². The molecule has 2 atom stereocenters. The molecule has 1 aromatic rings. The molecule has 2 unspecified atom stereocenters. The van der Waals surface area contributed by atoms with Gasteiger partial charge >= 0.3 is 11.9 Å². The number of amides is 2. The van der Waals surface area contributed by atoms with E-state index in [1.54, 1.807) is 0 Å². The molecule has 23 heavy (non-hydrogen) atoms. The molecule has 11 heteroatoms. The normalized spacial score (nSPS) is 12.9. The lowest BCUT2D eigenvalue weighted by Crippen LogP contribution is -2.49. The van der Waals surface area contributed by atoms with E-state index < -0.39 is 48.8 Å². The van der Waals surface area contributed by atoms with Gasteiger partial charge < -0.3 is 31.6 Å². The molecule has 0 aliphatic heterocycles. The molecule has 0 radical (unpaired) electrons. The van der Waals surface area contributed by atoms with E-state index in [0.717, 1.165) is 0 Å². The molecule has 2 amide bonds. The number of carboxylic acid groups (broad SMARTS) is 2. The van der Waals surface area contributed by atoms with Crippen LogP contribution in [0.3, 0.4) is 0 Å². The summed E-state index contributed by atoms with van der Waals surface area (Å²) < 4.78 is 0. The zero-order valence-corrected chi connectivity index (χ0v) is 12.0. The third-order valence-electron chi connectivity index (χ3n) is 2.77. The van der Waals surface area contributed by atoms with Crippen molar-refractivity contribution in [2.75, 3.05) is 6.54 Å². The fraction of sp³-hybridized carbons (Fsp3) is 0.417. The summed E-state index contributed by atoms with van der Waals surface area (Å²) in [6.45, 7) is -0.515. The van der Waals surface area contributed by atoms with Crippen LogP contribution in [-0.2, 0) is 25.6 Å². The number of carboxylic acids is 2. The number of nitrogens with zero attached hydrogens (tertiary/aromatic N) is 1. The first-order valence-electron chi connectivity index (χ1n) is 6.54. The van der Waals surface area contributed by atoms with Crippen molar-refractivity contribution in [1.82, 2.24) is 20.6 Å². The van der Waals surface area contributed by atoms with Gasteiger partial charge in [-0.1, -0.05) is 0 Å². The third kappa shape index (κ3) is 6.56. The Balaban J connectivity index is 2.40. The number of nitrogens with one attached hydrogen (secondary N) is 3. The topological polar surface area (TPSA) is 187 Å². The van der Waals surface area contributed by atoms with E-state index >= 15 is 0 Å². The zero-order chi connectivity index (χ0) is 17.4. The van der Waals surface area contributed by atoms with Crippen molar-refractivity contribution in [2.45, 2.75) is 24.9 Å². The van der Waals surface area contributed by atoms with Gasteiger partial charge in [-0.05, 0) is 0 Å². The van der Waals surface area contributed by atoms with Gasteiger partial charge in [0.05, 0.1) is 25.3 Å². The summed E-state index contributed by atoms with van der Waals surface area (Å²) in [6.07, 6.45) is 2.35. The van der Waals surface area contributed by atoms with Crippen LogP contribution in [-0.4, -0.2) is 62.6 Å². The minimum absolute atomic E-state index is 0.185. The SMILES string of the molecule is NC(Cc1cnc[nH]1)C(=O)NCC(=O)NC(CC(=O)O)C(=O)O. The molecular weight excluding hydrogens is 310 g/mol. The number of aromatic nitrogens is 2. The zero-order valence-electron chi connectivity index (χ0n) is 12.0. The van der Waals surface area contributed by atoms with Crippen molar-refractivity contribution >= 4 is 23.8 Å². The van der Waals surface area contributed by atoms with Crippen LogP contribution in [0.25, 0.3) is 0 Å². The number of nitrogens with two attached hydrogens (primary N) is 1. The maximum absolute atomic E-state index is 11.7. The molecule has 11 nitrogen and oxygen atoms in total. The summed E-state index contributed by atoms with van der Waals surface area (Å²) >= 11 is 0. The Kier molecular flexibility index (Phi) is 6.68. The molecular formula is C12H17N5O6. The predicted octanol–water partition coefficient (Wildman–Crippen LogP) is -2.56. The Morgan fingerprint density at radius 1 is 1.30 bits per heavy atom. The molecule has 0 fully saturated rings. The fourth-order valence-electron chi connectivity index (χ4n) is 1.64. The molecule has 0 bridgehead atoms. The number of aliphatic carboxylic acids is 2. The largest absolute Gasteiger partial charge is 0.481 e. The second-order valence-electron chi connectivity index (χ2n) is 4.66. The molecule has 0 aliphatic rings. The number of carbonyl (C=O) groups excluding carboxylic acids is 2. The van der Waals surface area contributed by atoms with Crippen LogP contribution < -0.4 is 16.4 Å². The van der Waals surface area contributed by atoms with Crippen LogP contribution >= 0.6 is 0 Å². The molecule has 7 N–H and O–H groups in total. The first-order chi connectivity index (χ1) is 10.8. The van der Waals surface area contributed by atoms with Gasteiger partial charge in [-0.3, -0.25) is 14.4 Å². The van der Waals surface area contributed by atoms with Gasteiger partial charge in [-0.25, -0.2) is 9.78 Å². The summed E-state index contributed by atoms with van der Waals surface area (Å²) in [4.78, 5) is 51.1. The fourth-order valence-corrected chi connectivity index (χ4v) is 1.64. The van der Waals surface area contributed by atoms with E-state index in [0.29, 0.717) is 5.69 Å². The van der Waals surface area contributed by atoms with Crippen LogP contribution in [0.5, 0.6) is 0 Å². The van der Waals surface area contributed by atoms with Crippen LogP contribution in [0.15, 0.2) is 12.5 Å². The summed E-state index contributed by atoms with van der Waals surface area (Å²) in [7, 11) is 0. The molecule has 1 rings (SSSR count). The summed E-state index contributed by atoms with van der Waals surface area (Å²) in [5.41, 5.74) is 6.29. The van der Waals surface area contributed by atoms with Crippen molar-refractivity contribution in [3.63, 3.8) is 0 Å². The first-order valence-corrected chi connectivity index (χ1v) is 6.54. The standard InChI is InChI=1S/C12H17N5O6/c13-7(1-6-3-14-5-16-6)11(21)15-4-9(18)17-8(12(22)23)2-10(19)20/h3,5,7-8H,1-2,4,13H2,(H,14,16)(H,15,21)(H,17,18)(H,19,20)(H,22,23). The second kappa shape index (κ2) is 8.48. The van der Waals surface area contributed by atoms with Gasteiger partial charge in [0.15, 0.2) is 0 Å². The maximum Gasteiger partial charge on any atom is 0.326 e. The highest BCUT2D eigenvalue weighted by Crippen LogP contribution is 1.96. The molecule has 1 heterocycles. The van der Waals surface area contributed by atoms with Crippen molar-refractivity contribution in [3.8, 4) is 0 Å². The number of hydrogen-bond donors (Lipinski definition) is 6. The van der Waals surface area contributed by atoms with Crippen LogP contribution in [0.1, 0.15) is 12.1 Å². The van der Waals surface area contributed by atoms with Crippen molar-refractivity contribution in [2.24, 2.45) is 5.73 Å². The highest BCUT2D eigenvalue weighted by molar-refractivity contribution is 5.90. The first kappa shape index (κ1) is 18.1. The minimum Gasteiger partial charge on any atom is -0.481 e. The molecule has 0 spiro atoms. The lowest BCUT2D eigenvalue weighted by Gasteiger charge is -2.14. The third-order valence-corrected chi connectivity index (χ3v) is 2.77. The summed E-state index contributed by atoms with van der Waals surface area (Å²) in [5.74, 6) is -4.30. The van der Waals surface area contributed by atoms with Gasteiger partial charge in [-0.2, -0.15) is 0 Å². The van der Waals surface area contributed by atoms with Gasteiger partial charge in [0.25, 0.3) is 0 Å². The van der Waals surface area contributed by atoms with Crippen LogP contribution in [0.4, 0.5) is 0 Å². The van der Waals surface area contributed by atoms with Crippen LogP contribution in [0, 0.1) is 0 Å². The Labute approximate surface area is 130 Å². The molecule has 0 aromatic carbocycles. The number of H-pyrrole nitrogens is 1. The lowest BCUT2D eigenvalue weighted by atomic mass is 10.1. The number of carbonyl (C=O) groups is 4. The minimum atomic E-state index is -1.57. The Morgan fingerprint density at radius 2 is 2.00 bits per heavy atom. The highest BCUT2D eigenvalue weighted by Gasteiger charge is 2.23. The second-order valence-corrected chi connectivity index (χ2v) is 4.66. The molecule has 0 saturated carbocycles.